The standard InChI is InChI=1S/C17H14Cl2F2OSe/c1-2-10-22-16(14-9-8-12(18)11-15(14)19)17(20,21)23-13-6-4-3-5-7-13/h2-9,11,16H,1,10H2. The molecular formula is C17H14Cl2F2OSe. The van der Waals surface area contributed by atoms with E-state index >= 15 is 0 Å². The summed E-state index contributed by atoms with van der Waals surface area (Å²) in [5.41, 5.74) is 0.223. The van der Waals surface area contributed by atoms with E-state index in [1.54, 1.807) is 30.3 Å². The second-order valence-electron chi connectivity index (χ2n) is 4.64. The fourth-order valence-corrected chi connectivity index (χ4v) is 4.36. The van der Waals surface area contributed by atoms with Crippen LogP contribution in [0.3, 0.4) is 0 Å². The fourth-order valence-electron chi connectivity index (χ4n) is 1.95. The van der Waals surface area contributed by atoms with Crippen molar-refractivity contribution in [2.75, 3.05) is 6.61 Å². The number of ether oxygens (including phenoxy) is 1. The second kappa shape index (κ2) is 8.27. The second-order valence-corrected chi connectivity index (χ2v) is 8.05. The van der Waals surface area contributed by atoms with Gasteiger partial charge in [0, 0.05) is 0 Å². The van der Waals surface area contributed by atoms with Crippen molar-refractivity contribution in [3.05, 3.63) is 76.8 Å². The van der Waals surface area contributed by atoms with Gasteiger partial charge in [0.1, 0.15) is 0 Å². The van der Waals surface area contributed by atoms with E-state index in [0.717, 1.165) is 0 Å². The van der Waals surface area contributed by atoms with Crippen LogP contribution in [0.4, 0.5) is 8.78 Å². The summed E-state index contributed by atoms with van der Waals surface area (Å²) in [6.45, 7) is 3.51. The Morgan fingerprint density at radius 1 is 1.17 bits per heavy atom. The molecule has 0 aliphatic carbocycles. The van der Waals surface area contributed by atoms with Crippen molar-refractivity contribution in [3.8, 4) is 0 Å². The van der Waals surface area contributed by atoms with E-state index in [0.29, 0.717) is 9.48 Å². The SMILES string of the molecule is C=CCOC(c1ccc(Cl)cc1Cl)C(F)(F)[Se]c1ccccc1. The molecular weight excluding hydrogens is 408 g/mol. The van der Waals surface area contributed by atoms with Crippen LogP contribution >= 0.6 is 23.2 Å². The Bertz CT molecular complexity index is 665. The van der Waals surface area contributed by atoms with Gasteiger partial charge >= 0.3 is 150 Å². The van der Waals surface area contributed by atoms with Gasteiger partial charge in [-0.2, -0.15) is 0 Å². The zero-order chi connectivity index (χ0) is 16.9. The molecule has 0 saturated carbocycles. The van der Waals surface area contributed by atoms with E-state index in [2.05, 4.69) is 6.58 Å². The van der Waals surface area contributed by atoms with Gasteiger partial charge in [-0.05, 0) is 0 Å². The van der Waals surface area contributed by atoms with Crippen LogP contribution in [-0.4, -0.2) is 26.4 Å². The molecule has 0 saturated heterocycles. The Morgan fingerprint density at radius 3 is 2.48 bits per heavy atom. The quantitative estimate of drug-likeness (QED) is 0.458. The van der Waals surface area contributed by atoms with Crippen LogP contribution < -0.4 is 4.46 Å². The molecule has 0 N–H and O–H groups in total. The van der Waals surface area contributed by atoms with Crippen LogP contribution in [0.25, 0.3) is 0 Å². The van der Waals surface area contributed by atoms with Gasteiger partial charge in [0.05, 0.1) is 0 Å². The Morgan fingerprint density at radius 2 is 1.87 bits per heavy atom. The number of alkyl halides is 2. The van der Waals surface area contributed by atoms with Crippen LogP contribution in [0.15, 0.2) is 61.2 Å². The molecule has 1 unspecified atom stereocenters. The van der Waals surface area contributed by atoms with Crippen molar-refractivity contribution in [1.29, 1.82) is 0 Å². The summed E-state index contributed by atoms with van der Waals surface area (Å²) >= 11 is 10.8. The molecule has 122 valence electrons. The molecule has 0 bridgehead atoms. The van der Waals surface area contributed by atoms with Crippen molar-refractivity contribution >= 4 is 42.6 Å². The predicted octanol–water partition coefficient (Wildman–Crippen LogP) is 4.86. The molecule has 0 spiro atoms. The predicted molar refractivity (Wildman–Crippen MR) is 92.1 cm³/mol. The average Bonchev–Trinajstić information content (AvgIpc) is 2.50. The van der Waals surface area contributed by atoms with E-state index in [-0.39, 0.29) is 17.2 Å². The van der Waals surface area contributed by atoms with Gasteiger partial charge in [0.25, 0.3) is 0 Å². The van der Waals surface area contributed by atoms with Gasteiger partial charge in [-0.1, -0.05) is 0 Å². The molecule has 0 heterocycles. The Kier molecular flexibility index (Phi) is 6.63. The number of hydrogen-bond acceptors (Lipinski definition) is 1. The van der Waals surface area contributed by atoms with E-state index in [9.17, 15) is 8.78 Å². The average molecular weight is 422 g/mol. The molecule has 2 rings (SSSR count). The van der Waals surface area contributed by atoms with Gasteiger partial charge in [-0.15, -0.1) is 0 Å². The number of hydrogen-bond donors (Lipinski definition) is 0. The van der Waals surface area contributed by atoms with E-state index in [4.69, 9.17) is 27.9 Å². The van der Waals surface area contributed by atoms with Gasteiger partial charge in [-0.3, -0.25) is 0 Å². The van der Waals surface area contributed by atoms with Crippen LogP contribution in [0.5, 0.6) is 0 Å². The molecule has 23 heavy (non-hydrogen) atoms. The Balaban J connectivity index is 2.34. The molecule has 1 nitrogen and oxygen atoms in total. The monoisotopic (exact) mass is 422 g/mol. The summed E-state index contributed by atoms with van der Waals surface area (Å²) in [7, 11) is 0. The van der Waals surface area contributed by atoms with Crippen LogP contribution in [0.2, 0.25) is 10.0 Å². The van der Waals surface area contributed by atoms with Gasteiger partial charge < -0.3 is 0 Å². The van der Waals surface area contributed by atoms with Crippen molar-refractivity contribution in [1.82, 2.24) is 0 Å². The first-order valence-electron chi connectivity index (χ1n) is 6.73. The molecule has 1 atom stereocenters. The fraction of sp³-hybridized carbons (Fsp3) is 0.176. The number of halogens is 4. The summed E-state index contributed by atoms with van der Waals surface area (Å²) < 4.78 is 35.6. The zero-order valence-corrected chi connectivity index (χ0v) is 15.2. The van der Waals surface area contributed by atoms with E-state index in [1.807, 2.05) is 0 Å². The Labute approximate surface area is 150 Å². The third-order valence-corrected chi connectivity index (χ3v) is 5.58. The van der Waals surface area contributed by atoms with Gasteiger partial charge in [0.2, 0.25) is 0 Å². The summed E-state index contributed by atoms with van der Waals surface area (Å²) in [5.74, 6) is 0. The molecule has 2 aromatic rings. The van der Waals surface area contributed by atoms with Crippen LogP contribution in [0, 0.1) is 0 Å². The van der Waals surface area contributed by atoms with E-state index in [1.165, 1.54) is 24.3 Å². The van der Waals surface area contributed by atoms with E-state index < -0.39 is 25.9 Å². The minimum atomic E-state index is -3.07. The van der Waals surface area contributed by atoms with Crippen molar-refractivity contribution < 1.29 is 13.5 Å². The summed E-state index contributed by atoms with van der Waals surface area (Å²) in [6.07, 6.45) is -0.0203. The zero-order valence-electron chi connectivity index (χ0n) is 12.0. The maximum atomic E-state index is 14.8. The first kappa shape index (κ1) is 18.4. The molecule has 0 aromatic heterocycles. The first-order chi connectivity index (χ1) is 10.9. The number of rotatable bonds is 7. The van der Waals surface area contributed by atoms with Crippen molar-refractivity contribution in [2.45, 2.75) is 10.9 Å². The van der Waals surface area contributed by atoms with Gasteiger partial charge in [-0.25, -0.2) is 0 Å². The molecule has 0 amide bonds. The van der Waals surface area contributed by atoms with Crippen molar-refractivity contribution in [2.24, 2.45) is 0 Å². The molecule has 0 aliphatic heterocycles. The first-order valence-corrected chi connectivity index (χ1v) is 9.20. The van der Waals surface area contributed by atoms with Crippen molar-refractivity contribution in [3.63, 3.8) is 0 Å². The summed E-state index contributed by atoms with van der Waals surface area (Å²) in [4.78, 5) is -3.07. The number of benzene rings is 2. The topological polar surface area (TPSA) is 9.23 Å². The normalized spacial score (nSPS) is 12.9. The minimum absolute atomic E-state index is 0.00405. The van der Waals surface area contributed by atoms with Crippen LogP contribution in [-0.2, 0) is 4.74 Å². The Hall–Kier alpha value is -0.901. The summed E-state index contributed by atoms with van der Waals surface area (Å²) in [6, 6.07) is 13.1. The molecule has 0 aliphatic rings. The van der Waals surface area contributed by atoms with Crippen LogP contribution in [0.1, 0.15) is 11.7 Å². The molecule has 0 fully saturated rings. The molecule has 0 radical (unpaired) electrons. The molecule has 6 heteroatoms. The summed E-state index contributed by atoms with van der Waals surface area (Å²) in [5, 5.41) is 0.549. The maximum absolute atomic E-state index is 14.8. The molecule has 2 aromatic carbocycles. The third kappa shape index (κ3) is 5.03. The van der Waals surface area contributed by atoms with Gasteiger partial charge in [0.15, 0.2) is 0 Å². The third-order valence-electron chi connectivity index (χ3n) is 2.93.